The molecule has 0 aliphatic rings. The summed E-state index contributed by atoms with van der Waals surface area (Å²) in [6.45, 7) is 7.09. The zero-order chi connectivity index (χ0) is 22.7. The van der Waals surface area contributed by atoms with E-state index in [0.717, 1.165) is 31.4 Å². The van der Waals surface area contributed by atoms with Gasteiger partial charge < -0.3 is 22.9 Å². The molecule has 0 bridgehead atoms. The molecule has 1 heterocycles. The first-order chi connectivity index (χ1) is 15.1. The highest BCUT2D eigenvalue weighted by molar-refractivity contribution is 5.73. The second kappa shape index (κ2) is 20.3. The number of nitrogens with two attached hydrogens (primary N) is 1. The standard InChI is InChI=1S/C27H49N2O2.ClH/c1-4-7-8-9-10-11-12-13-14-15-16-17-18-19-20-21-25(30)31-27-26(28)24(5-2)22-23-29(27)6-3;/h22-23H,4-21,28H2,1-3H3;1H/q+1;/p-1. The highest BCUT2D eigenvalue weighted by atomic mass is 35.5. The van der Waals surface area contributed by atoms with Crippen LogP contribution in [0.4, 0.5) is 5.69 Å². The van der Waals surface area contributed by atoms with Gasteiger partial charge in [0.2, 0.25) is 0 Å². The first-order valence-electron chi connectivity index (χ1n) is 13.1. The lowest BCUT2D eigenvalue weighted by Crippen LogP contribution is -3.00. The van der Waals surface area contributed by atoms with Crippen molar-refractivity contribution in [1.29, 1.82) is 0 Å². The van der Waals surface area contributed by atoms with E-state index >= 15 is 0 Å². The maximum atomic E-state index is 12.3. The summed E-state index contributed by atoms with van der Waals surface area (Å²) in [4.78, 5) is 12.3. The van der Waals surface area contributed by atoms with Crippen molar-refractivity contribution < 1.29 is 26.5 Å². The van der Waals surface area contributed by atoms with E-state index in [4.69, 9.17) is 10.5 Å². The molecular weight excluding hydrogens is 420 g/mol. The topological polar surface area (TPSA) is 56.2 Å². The first kappa shape index (κ1) is 30.7. The Morgan fingerprint density at radius 2 is 1.28 bits per heavy atom. The molecule has 0 saturated carbocycles. The molecular formula is C27H49ClN2O2. The van der Waals surface area contributed by atoms with Crippen LogP contribution in [0.3, 0.4) is 0 Å². The minimum atomic E-state index is -0.170. The Kier molecular flexibility index (Phi) is 19.5. The van der Waals surface area contributed by atoms with Crippen LogP contribution >= 0.6 is 0 Å². The number of anilines is 1. The number of rotatable bonds is 19. The van der Waals surface area contributed by atoms with Gasteiger partial charge in [-0.2, -0.15) is 4.57 Å². The maximum absolute atomic E-state index is 12.3. The number of halogens is 1. The minimum Gasteiger partial charge on any atom is -1.00 e. The summed E-state index contributed by atoms with van der Waals surface area (Å²) >= 11 is 0. The molecule has 0 fully saturated rings. The number of aryl methyl sites for hydroxylation is 2. The number of pyridine rings is 1. The van der Waals surface area contributed by atoms with Gasteiger partial charge in [0.05, 0.1) is 0 Å². The van der Waals surface area contributed by atoms with Crippen molar-refractivity contribution >= 4 is 11.7 Å². The molecule has 5 heteroatoms. The molecule has 0 atom stereocenters. The van der Waals surface area contributed by atoms with Gasteiger partial charge in [0.1, 0.15) is 12.2 Å². The van der Waals surface area contributed by atoms with Gasteiger partial charge in [-0.3, -0.25) is 4.79 Å². The molecule has 0 aliphatic carbocycles. The molecule has 186 valence electrons. The zero-order valence-electron chi connectivity index (χ0n) is 21.1. The summed E-state index contributed by atoms with van der Waals surface area (Å²) in [5.74, 6) is 0.338. The lowest BCUT2D eigenvalue weighted by molar-refractivity contribution is -0.696. The number of nitrogens with zero attached hydrogens (tertiary/aromatic N) is 1. The molecule has 1 rings (SSSR count). The molecule has 1 aromatic heterocycles. The summed E-state index contributed by atoms with van der Waals surface area (Å²) in [5.41, 5.74) is 7.83. The highest BCUT2D eigenvalue weighted by Crippen LogP contribution is 2.22. The normalized spacial score (nSPS) is 10.7. The number of unbranched alkanes of at least 4 members (excludes halogenated alkanes) is 14. The van der Waals surface area contributed by atoms with Crippen molar-refractivity contribution in [1.82, 2.24) is 0 Å². The quantitative estimate of drug-likeness (QED) is 0.187. The molecule has 0 amide bonds. The van der Waals surface area contributed by atoms with Gasteiger partial charge in [-0.25, -0.2) is 0 Å². The summed E-state index contributed by atoms with van der Waals surface area (Å²) < 4.78 is 7.53. The Bertz CT molecular complexity index is 608. The van der Waals surface area contributed by atoms with E-state index in [9.17, 15) is 4.79 Å². The molecule has 0 spiro atoms. The number of hydrogen-bond donors (Lipinski definition) is 1. The summed E-state index contributed by atoms with van der Waals surface area (Å²) in [6, 6.07) is 2.00. The van der Waals surface area contributed by atoms with Crippen LogP contribution in [0, 0.1) is 0 Å². The first-order valence-corrected chi connectivity index (χ1v) is 13.1. The van der Waals surface area contributed by atoms with Crippen LogP contribution in [-0.2, 0) is 17.8 Å². The van der Waals surface area contributed by atoms with E-state index in [1.807, 2.05) is 23.8 Å². The van der Waals surface area contributed by atoms with Crippen LogP contribution in [0.2, 0.25) is 0 Å². The van der Waals surface area contributed by atoms with Crippen molar-refractivity contribution in [2.24, 2.45) is 0 Å². The zero-order valence-corrected chi connectivity index (χ0v) is 21.9. The Balaban J connectivity index is 0.00000961. The van der Waals surface area contributed by atoms with E-state index in [1.165, 1.54) is 83.5 Å². The van der Waals surface area contributed by atoms with E-state index in [2.05, 4.69) is 13.8 Å². The van der Waals surface area contributed by atoms with Gasteiger partial charge in [0, 0.05) is 12.5 Å². The third-order valence-corrected chi connectivity index (χ3v) is 6.21. The Labute approximate surface area is 204 Å². The van der Waals surface area contributed by atoms with Crippen molar-refractivity contribution in [2.75, 3.05) is 5.73 Å². The number of hydrogen-bond acceptors (Lipinski definition) is 3. The molecule has 0 unspecified atom stereocenters. The summed E-state index contributed by atoms with van der Waals surface area (Å²) in [7, 11) is 0. The molecule has 4 nitrogen and oxygen atoms in total. The van der Waals surface area contributed by atoms with Crippen LogP contribution in [-0.4, -0.2) is 5.97 Å². The Hall–Kier alpha value is -1.29. The van der Waals surface area contributed by atoms with Gasteiger partial charge in [0.15, 0.2) is 6.20 Å². The average Bonchev–Trinajstić information content (AvgIpc) is 2.77. The van der Waals surface area contributed by atoms with Gasteiger partial charge in [-0.05, 0) is 25.3 Å². The second-order valence-corrected chi connectivity index (χ2v) is 8.87. The van der Waals surface area contributed by atoms with Gasteiger partial charge in [0.25, 0.3) is 0 Å². The third kappa shape index (κ3) is 13.3. The van der Waals surface area contributed by atoms with Crippen molar-refractivity contribution in [3.63, 3.8) is 0 Å². The van der Waals surface area contributed by atoms with Gasteiger partial charge in [-0.15, -0.1) is 0 Å². The van der Waals surface area contributed by atoms with E-state index in [0.29, 0.717) is 18.0 Å². The van der Waals surface area contributed by atoms with Gasteiger partial charge in [-0.1, -0.05) is 104 Å². The molecule has 0 radical (unpaired) electrons. The number of ether oxygens (including phenoxy) is 1. The summed E-state index contributed by atoms with van der Waals surface area (Å²) in [6.07, 6.45) is 23.1. The number of carbonyl (C=O) groups excluding carboxylic acids is 1. The minimum absolute atomic E-state index is 0. The predicted octanol–water partition coefficient (Wildman–Crippen LogP) is 4.31. The molecule has 2 N–H and O–H groups in total. The van der Waals surface area contributed by atoms with Crippen molar-refractivity contribution in [2.45, 2.75) is 136 Å². The number of nitrogen functional groups attached to an aromatic ring is 1. The predicted molar refractivity (Wildman–Crippen MR) is 131 cm³/mol. The third-order valence-electron chi connectivity index (χ3n) is 6.21. The molecule has 0 aliphatic heterocycles. The Morgan fingerprint density at radius 1 is 0.812 bits per heavy atom. The van der Waals surface area contributed by atoms with E-state index in [1.54, 1.807) is 0 Å². The molecule has 0 aromatic carbocycles. The van der Waals surface area contributed by atoms with Gasteiger partial charge >= 0.3 is 11.8 Å². The molecule has 1 aromatic rings. The number of esters is 1. The van der Waals surface area contributed by atoms with Crippen LogP contribution in [0.25, 0.3) is 0 Å². The van der Waals surface area contributed by atoms with Crippen LogP contribution in [0.5, 0.6) is 5.88 Å². The Morgan fingerprint density at radius 3 is 1.72 bits per heavy atom. The fraction of sp³-hybridized carbons (Fsp3) is 0.778. The van der Waals surface area contributed by atoms with Crippen LogP contribution in [0.15, 0.2) is 12.3 Å². The smallest absolute Gasteiger partial charge is 0.399 e. The lowest BCUT2D eigenvalue weighted by atomic mass is 10.0. The average molecular weight is 469 g/mol. The largest absolute Gasteiger partial charge is 1.00 e. The lowest BCUT2D eigenvalue weighted by Gasteiger charge is -2.09. The second-order valence-electron chi connectivity index (χ2n) is 8.87. The fourth-order valence-corrected chi connectivity index (χ4v) is 4.10. The summed E-state index contributed by atoms with van der Waals surface area (Å²) in [5, 5.41) is 0. The fourth-order valence-electron chi connectivity index (χ4n) is 4.10. The number of aromatic nitrogens is 1. The van der Waals surface area contributed by atoms with E-state index < -0.39 is 0 Å². The van der Waals surface area contributed by atoms with Crippen molar-refractivity contribution in [3.05, 3.63) is 17.8 Å². The number of carbonyl (C=O) groups is 1. The molecule has 0 saturated heterocycles. The van der Waals surface area contributed by atoms with Crippen molar-refractivity contribution in [3.8, 4) is 5.88 Å². The SMILES string of the molecule is CCCCCCCCCCCCCCCCCC(=O)Oc1c(N)c(CC)cc[n+]1CC.[Cl-]. The molecule has 32 heavy (non-hydrogen) atoms. The van der Waals surface area contributed by atoms with E-state index in [-0.39, 0.29) is 18.4 Å². The maximum Gasteiger partial charge on any atom is 0.399 e. The monoisotopic (exact) mass is 468 g/mol. The van der Waals surface area contributed by atoms with Crippen LogP contribution < -0.4 is 27.4 Å². The van der Waals surface area contributed by atoms with Crippen LogP contribution in [0.1, 0.15) is 129 Å². The highest BCUT2D eigenvalue weighted by Gasteiger charge is 2.21.